The third kappa shape index (κ3) is 2.49. The van der Waals surface area contributed by atoms with E-state index >= 15 is 0 Å². The Labute approximate surface area is 90.8 Å². The van der Waals surface area contributed by atoms with Gasteiger partial charge in [0.05, 0.1) is 6.61 Å². The monoisotopic (exact) mass is 206 g/mol. The third-order valence-corrected chi connectivity index (χ3v) is 2.81. The number of ether oxygens (including phenoxy) is 1. The molecular formula is C12H18N2O. The van der Waals surface area contributed by atoms with Gasteiger partial charge in [0.1, 0.15) is 0 Å². The van der Waals surface area contributed by atoms with Crippen LogP contribution in [0.3, 0.4) is 0 Å². The number of hydrogen-bond donors (Lipinski definition) is 2. The van der Waals surface area contributed by atoms with Crippen LogP contribution in [0.2, 0.25) is 0 Å². The second kappa shape index (κ2) is 5.14. The number of methoxy groups -OCH3 is 1. The van der Waals surface area contributed by atoms with Gasteiger partial charge >= 0.3 is 0 Å². The van der Waals surface area contributed by atoms with Gasteiger partial charge in [0.2, 0.25) is 0 Å². The third-order valence-electron chi connectivity index (χ3n) is 2.81. The summed E-state index contributed by atoms with van der Waals surface area (Å²) in [6, 6.07) is 8.53. The topological polar surface area (TPSA) is 33.3 Å². The van der Waals surface area contributed by atoms with Gasteiger partial charge in [0.25, 0.3) is 0 Å². The van der Waals surface area contributed by atoms with Crippen molar-refractivity contribution in [1.29, 1.82) is 0 Å². The fourth-order valence-electron chi connectivity index (χ4n) is 1.99. The molecule has 0 aromatic heterocycles. The first-order valence-electron chi connectivity index (χ1n) is 5.44. The highest BCUT2D eigenvalue weighted by atomic mass is 16.5. The molecule has 0 spiro atoms. The molecule has 82 valence electrons. The Morgan fingerprint density at radius 2 is 2.33 bits per heavy atom. The van der Waals surface area contributed by atoms with Gasteiger partial charge in [-0.2, -0.15) is 0 Å². The standard InChI is InChI=1S/C12H18N2O/c1-15-7-6-13-8-10-9-14-12-5-3-2-4-11(10)12/h2-5,10,13-14H,6-9H2,1H3. The van der Waals surface area contributed by atoms with Gasteiger partial charge < -0.3 is 15.4 Å². The van der Waals surface area contributed by atoms with Crippen LogP contribution in [0, 0.1) is 0 Å². The summed E-state index contributed by atoms with van der Waals surface area (Å²) in [7, 11) is 1.73. The normalized spacial score (nSPS) is 18.6. The fraction of sp³-hybridized carbons (Fsp3) is 0.500. The molecule has 1 atom stereocenters. The highest BCUT2D eigenvalue weighted by Gasteiger charge is 2.20. The summed E-state index contributed by atoms with van der Waals surface area (Å²) in [6.07, 6.45) is 0. The van der Waals surface area contributed by atoms with Crippen LogP contribution in [0.1, 0.15) is 11.5 Å². The van der Waals surface area contributed by atoms with E-state index in [1.165, 1.54) is 11.3 Å². The number of anilines is 1. The molecule has 0 amide bonds. The summed E-state index contributed by atoms with van der Waals surface area (Å²) in [5, 5.41) is 6.82. The highest BCUT2D eigenvalue weighted by molar-refractivity contribution is 5.57. The molecule has 0 bridgehead atoms. The van der Waals surface area contributed by atoms with E-state index in [-0.39, 0.29) is 0 Å². The number of hydrogen-bond acceptors (Lipinski definition) is 3. The molecule has 2 N–H and O–H groups in total. The van der Waals surface area contributed by atoms with E-state index in [4.69, 9.17) is 4.74 Å². The Hall–Kier alpha value is -1.06. The van der Waals surface area contributed by atoms with Gasteiger partial charge in [-0.25, -0.2) is 0 Å². The summed E-state index contributed by atoms with van der Waals surface area (Å²) in [5.74, 6) is 0.595. The van der Waals surface area contributed by atoms with Crippen molar-refractivity contribution in [2.75, 3.05) is 38.7 Å². The molecule has 15 heavy (non-hydrogen) atoms. The fourth-order valence-corrected chi connectivity index (χ4v) is 1.99. The minimum atomic E-state index is 0.595. The Morgan fingerprint density at radius 3 is 3.20 bits per heavy atom. The van der Waals surface area contributed by atoms with Crippen molar-refractivity contribution in [1.82, 2.24) is 5.32 Å². The molecule has 0 saturated carbocycles. The van der Waals surface area contributed by atoms with Crippen LogP contribution in [-0.2, 0) is 4.74 Å². The SMILES string of the molecule is COCCNCC1CNc2ccccc21. The Kier molecular flexibility index (Phi) is 3.59. The summed E-state index contributed by atoms with van der Waals surface area (Å²) in [5.41, 5.74) is 2.72. The van der Waals surface area contributed by atoms with Crippen LogP contribution in [0.4, 0.5) is 5.69 Å². The van der Waals surface area contributed by atoms with Crippen LogP contribution in [0.15, 0.2) is 24.3 Å². The van der Waals surface area contributed by atoms with Gasteiger partial charge in [-0.3, -0.25) is 0 Å². The lowest BCUT2D eigenvalue weighted by molar-refractivity contribution is 0.199. The average molecular weight is 206 g/mol. The molecule has 0 saturated heterocycles. The lowest BCUT2D eigenvalue weighted by atomic mass is 10.0. The van der Waals surface area contributed by atoms with Gasteiger partial charge in [0.15, 0.2) is 0 Å². The van der Waals surface area contributed by atoms with E-state index in [1.54, 1.807) is 7.11 Å². The zero-order valence-corrected chi connectivity index (χ0v) is 9.12. The first-order chi connectivity index (χ1) is 7.42. The number of fused-ring (bicyclic) bond motifs is 1. The minimum absolute atomic E-state index is 0.595. The van der Waals surface area contributed by atoms with Gasteiger partial charge in [-0.1, -0.05) is 18.2 Å². The Morgan fingerprint density at radius 1 is 1.47 bits per heavy atom. The van der Waals surface area contributed by atoms with Crippen LogP contribution >= 0.6 is 0 Å². The number of benzene rings is 1. The van der Waals surface area contributed by atoms with E-state index in [1.807, 2.05) is 0 Å². The summed E-state index contributed by atoms with van der Waals surface area (Å²) >= 11 is 0. The van der Waals surface area contributed by atoms with Gasteiger partial charge in [0, 0.05) is 38.3 Å². The van der Waals surface area contributed by atoms with E-state index in [2.05, 4.69) is 34.9 Å². The zero-order valence-electron chi connectivity index (χ0n) is 9.12. The van der Waals surface area contributed by atoms with Crippen molar-refractivity contribution >= 4 is 5.69 Å². The first kappa shape index (κ1) is 10.5. The predicted octanol–water partition coefficient (Wildman–Crippen LogP) is 1.43. The van der Waals surface area contributed by atoms with E-state index in [0.29, 0.717) is 5.92 Å². The quantitative estimate of drug-likeness (QED) is 0.715. The number of nitrogens with one attached hydrogen (secondary N) is 2. The summed E-state index contributed by atoms with van der Waals surface area (Å²) in [4.78, 5) is 0. The molecule has 1 aromatic rings. The molecule has 1 unspecified atom stereocenters. The maximum Gasteiger partial charge on any atom is 0.0587 e. The molecule has 2 rings (SSSR count). The molecule has 0 fully saturated rings. The molecule has 0 radical (unpaired) electrons. The minimum Gasteiger partial charge on any atom is -0.384 e. The maximum absolute atomic E-state index is 5.00. The second-order valence-electron chi connectivity index (χ2n) is 3.86. The van der Waals surface area contributed by atoms with Crippen molar-refractivity contribution in [2.45, 2.75) is 5.92 Å². The van der Waals surface area contributed by atoms with Crippen LogP contribution in [0.25, 0.3) is 0 Å². The number of rotatable bonds is 5. The van der Waals surface area contributed by atoms with Gasteiger partial charge in [-0.05, 0) is 11.6 Å². The lowest BCUT2D eigenvalue weighted by Crippen LogP contribution is -2.25. The van der Waals surface area contributed by atoms with E-state index in [0.717, 1.165) is 26.2 Å². The Balaban J connectivity index is 1.85. The van der Waals surface area contributed by atoms with Crippen LogP contribution in [-0.4, -0.2) is 33.4 Å². The van der Waals surface area contributed by atoms with E-state index < -0.39 is 0 Å². The average Bonchev–Trinajstić information content (AvgIpc) is 2.68. The first-order valence-corrected chi connectivity index (χ1v) is 5.44. The summed E-state index contributed by atoms with van der Waals surface area (Å²) < 4.78 is 5.00. The lowest BCUT2D eigenvalue weighted by Gasteiger charge is -2.11. The van der Waals surface area contributed by atoms with Crippen molar-refractivity contribution in [2.24, 2.45) is 0 Å². The van der Waals surface area contributed by atoms with E-state index in [9.17, 15) is 0 Å². The molecule has 0 aliphatic carbocycles. The highest BCUT2D eigenvalue weighted by Crippen LogP contribution is 2.30. The van der Waals surface area contributed by atoms with Crippen molar-refractivity contribution in [3.8, 4) is 0 Å². The van der Waals surface area contributed by atoms with Crippen molar-refractivity contribution in [3.63, 3.8) is 0 Å². The zero-order chi connectivity index (χ0) is 10.5. The maximum atomic E-state index is 5.00. The predicted molar refractivity (Wildman–Crippen MR) is 62.4 cm³/mol. The molecule has 1 aliphatic rings. The molecule has 1 heterocycles. The smallest absolute Gasteiger partial charge is 0.0587 e. The molecule has 3 heteroatoms. The van der Waals surface area contributed by atoms with Crippen molar-refractivity contribution < 1.29 is 4.74 Å². The van der Waals surface area contributed by atoms with Crippen LogP contribution < -0.4 is 10.6 Å². The summed E-state index contributed by atoms with van der Waals surface area (Å²) in [6.45, 7) is 3.77. The molecular weight excluding hydrogens is 188 g/mol. The molecule has 1 aromatic carbocycles. The largest absolute Gasteiger partial charge is 0.384 e. The molecule has 1 aliphatic heterocycles. The van der Waals surface area contributed by atoms with Crippen LogP contribution in [0.5, 0.6) is 0 Å². The molecule has 3 nitrogen and oxygen atoms in total. The van der Waals surface area contributed by atoms with Crippen molar-refractivity contribution in [3.05, 3.63) is 29.8 Å². The number of para-hydroxylation sites is 1. The van der Waals surface area contributed by atoms with Gasteiger partial charge in [-0.15, -0.1) is 0 Å². The Bertz CT molecular complexity index is 314. The second-order valence-corrected chi connectivity index (χ2v) is 3.86.